The first kappa shape index (κ1) is 31.9. The van der Waals surface area contributed by atoms with Crippen LogP contribution in [0.1, 0.15) is 22.3 Å². The summed E-state index contributed by atoms with van der Waals surface area (Å²) in [6.45, 7) is 0. The van der Waals surface area contributed by atoms with Crippen LogP contribution in [0.3, 0.4) is 0 Å². The first-order chi connectivity index (χ1) is 28.3. The van der Waals surface area contributed by atoms with Crippen molar-refractivity contribution in [3.05, 3.63) is 241 Å². The number of fused-ring (bicyclic) bond motifs is 12. The Morgan fingerprint density at radius 2 is 0.860 bits per heavy atom. The van der Waals surface area contributed by atoms with E-state index in [0.29, 0.717) is 0 Å². The van der Waals surface area contributed by atoms with Crippen LogP contribution in [0.4, 0.5) is 17.1 Å². The lowest BCUT2D eigenvalue weighted by atomic mass is 9.65. The normalized spacial score (nSPS) is 14.7. The van der Waals surface area contributed by atoms with Crippen molar-refractivity contribution in [1.29, 1.82) is 0 Å². The molecule has 0 radical (unpaired) electrons. The average molecular weight is 725 g/mol. The van der Waals surface area contributed by atoms with Crippen molar-refractivity contribution < 1.29 is 0 Å². The van der Waals surface area contributed by atoms with Gasteiger partial charge in [0.25, 0.3) is 0 Å². The Hall–Kier alpha value is -7.42. The molecule has 2 aliphatic rings. The summed E-state index contributed by atoms with van der Waals surface area (Å²) in [7, 11) is 0. The van der Waals surface area contributed by atoms with Gasteiger partial charge >= 0.3 is 0 Å². The lowest BCUT2D eigenvalue weighted by Crippen LogP contribution is -2.33. The molecule has 0 saturated heterocycles. The van der Waals surface area contributed by atoms with Gasteiger partial charge in [0.05, 0.1) is 22.1 Å². The average Bonchev–Trinajstić information content (AvgIpc) is 3.78. The monoisotopic (exact) mass is 724 g/mol. The number of anilines is 3. The second kappa shape index (κ2) is 12.3. The fourth-order valence-electron chi connectivity index (χ4n) is 10.0. The van der Waals surface area contributed by atoms with E-state index in [4.69, 9.17) is 0 Å². The van der Waals surface area contributed by atoms with E-state index >= 15 is 0 Å². The first-order valence-corrected chi connectivity index (χ1v) is 19.8. The van der Waals surface area contributed by atoms with E-state index < -0.39 is 5.41 Å². The van der Waals surface area contributed by atoms with E-state index in [1.165, 1.54) is 83.1 Å². The molecule has 12 rings (SSSR count). The Morgan fingerprint density at radius 1 is 0.333 bits per heavy atom. The zero-order valence-electron chi connectivity index (χ0n) is 31.2. The molecular formula is C55H36N2. The van der Waals surface area contributed by atoms with E-state index in [1.54, 1.807) is 0 Å². The summed E-state index contributed by atoms with van der Waals surface area (Å²) in [4.78, 5) is 2.34. The third kappa shape index (κ3) is 4.53. The Bertz CT molecular complexity index is 3160. The second-order valence-corrected chi connectivity index (χ2v) is 15.3. The Balaban J connectivity index is 1.02. The number of rotatable bonds is 5. The van der Waals surface area contributed by atoms with Gasteiger partial charge < -0.3 is 9.47 Å². The van der Waals surface area contributed by atoms with Gasteiger partial charge in [0.15, 0.2) is 0 Å². The molecular weight excluding hydrogens is 689 g/mol. The van der Waals surface area contributed by atoms with Gasteiger partial charge in [0.2, 0.25) is 0 Å². The van der Waals surface area contributed by atoms with Crippen LogP contribution >= 0.6 is 0 Å². The van der Waals surface area contributed by atoms with Crippen LogP contribution in [-0.4, -0.2) is 4.57 Å². The van der Waals surface area contributed by atoms with Gasteiger partial charge in [0.1, 0.15) is 0 Å². The molecule has 2 heterocycles. The Morgan fingerprint density at radius 3 is 1.63 bits per heavy atom. The molecule has 0 fully saturated rings. The summed E-state index contributed by atoms with van der Waals surface area (Å²) in [5.41, 5.74) is 19.5. The van der Waals surface area contributed by atoms with E-state index in [0.717, 1.165) is 17.1 Å². The standard InChI is InChI=1S/C55H36N2/c1-3-14-37(15-4-1)38-26-31-42(32-27-38)56(41-16-5-2-6-17-41)43-33-28-39(29-34-43)40-30-35-45-44-18-7-9-21-48(44)55(51(45)36-40)49-22-10-12-25-53(49)57-52-24-11-8-19-46(52)47-20-13-23-50(55)54(47)57/h1-36H. The molecule has 1 aromatic heterocycles. The molecule has 9 aromatic carbocycles. The predicted octanol–water partition coefficient (Wildman–Crippen LogP) is 14.3. The maximum absolute atomic E-state index is 2.51. The number of hydrogen-bond donors (Lipinski definition) is 0. The molecule has 1 unspecified atom stereocenters. The van der Waals surface area contributed by atoms with E-state index in [-0.39, 0.29) is 0 Å². The molecule has 57 heavy (non-hydrogen) atoms. The van der Waals surface area contributed by atoms with Crippen molar-refractivity contribution in [1.82, 2.24) is 4.57 Å². The maximum Gasteiger partial charge on any atom is 0.0754 e. The van der Waals surface area contributed by atoms with Crippen molar-refractivity contribution >= 4 is 38.9 Å². The number of nitrogens with zero attached hydrogens (tertiary/aromatic N) is 2. The summed E-state index contributed by atoms with van der Waals surface area (Å²) in [5.74, 6) is 0. The Labute approximate surface area is 332 Å². The highest BCUT2D eigenvalue weighted by molar-refractivity contribution is 6.13. The zero-order chi connectivity index (χ0) is 37.5. The summed E-state index contributed by atoms with van der Waals surface area (Å²) in [5, 5.41) is 2.59. The highest BCUT2D eigenvalue weighted by Gasteiger charge is 2.50. The largest absolute Gasteiger partial charge is 0.311 e. The van der Waals surface area contributed by atoms with Crippen LogP contribution in [0.15, 0.2) is 218 Å². The molecule has 0 bridgehead atoms. The van der Waals surface area contributed by atoms with Crippen LogP contribution in [0.5, 0.6) is 0 Å². The van der Waals surface area contributed by atoms with Gasteiger partial charge in [0, 0.05) is 27.8 Å². The van der Waals surface area contributed by atoms with Gasteiger partial charge in [-0.3, -0.25) is 0 Å². The zero-order valence-corrected chi connectivity index (χ0v) is 31.2. The van der Waals surface area contributed by atoms with Gasteiger partial charge in [-0.15, -0.1) is 0 Å². The van der Waals surface area contributed by atoms with Gasteiger partial charge in [-0.2, -0.15) is 0 Å². The van der Waals surface area contributed by atoms with Crippen molar-refractivity contribution in [3.63, 3.8) is 0 Å². The van der Waals surface area contributed by atoms with Crippen LogP contribution < -0.4 is 4.90 Å². The van der Waals surface area contributed by atoms with Crippen LogP contribution in [0.25, 0.3) is 60.9 Å². The summed E-state index contributed by atoms with van der Waals surface area (Å²) < 4.78 is 2.51. The number of para-hydroxylation sites is 4. The molecule has 0 amide bonds. The molecule has 0 saturated carbocycles. The summed E-state index contributed by atoms with van der Waals surface area (Å²) >= 11 is 0. The smallest absolute Gasteiger partial charge is 0.0754 e. The van der Waals surface area contributed by atoms with Crippen LogP contribution in [0, 0.1) is 0 Å². The third-order valence-electron chi connectivity index (χ3n) is 12.4. The number of benzene rings is 9. The lowest BCUT2D eigenvalue weighted by molar-refractivity contribution is 0.749. The molecule has 1 aliphatic carbocycles. The van der Waals surface area contributed by atoms with Crippen LogP contribution in [0.2, 0.25) is 0 Å². The topological polar surface area (TPSA) is 8.17 Å². The second-order valence-electron chi connectivity index (χ2n) is 15.3. The molecule has 1 atom stereocenters. The third-order valence-corrected chi connectivity index (χ3v) is 12.4. The van der Waals surface area contributed by atoms with Crippen LogP contribution in [-0.2, 0) is 5.41 Å². The molecule has 10 aromatic rings. The van der Waals surface area contributed by atoms with E-state index in [1.807, 2.05) is 0 Å². The molecule has 1 aliphatic heterocycles. The minimum absolute atomic E-state index is 0.474. The predicted molar refractivity (Wildman–Crippen MR) is 237 cm³/mol. The van der Waals surface area contributed by atoms with Crippen molar-refractivity contribution in [2.75, 3.05) is 4.90 Å². The SMILES string of the molecule is c1ccc(-c2ccc(N(c3ccccc3)c3ccc(-c4ccc5c(c4)C4(c6ccccc6-5)c5ccccc5-n5c6ccccc6c6cccc4c65)cc3)cc2)cc1. The van der Waals surface area contributed by atoms with Gasteiger partial charge in [-0.05, 0) is 110 Å². The Kier molecular flexibility index (Phi) is 6.88. The highest BCUT2D eigenvalue weighted by Crippen LogP contribution is 2.61. The number of aromatic nitrogens is 1. The number of hydrogen-bond acceptors (Lipinski definition) is 1. The van der Waals surface area contributed by atoms with Crippen molar-refractivity contribution in [2.24, 2.45) is 0 Å². The molecule has 2 nitrogen and oxygen atoms in total. The molecule has 2 heteroatoms. The first-order valence-electron chi connectivity index (χ1n) is 19.8. The van der Waals surface area contributed by atoms with Crippen molar-refractivity contribution in [3.8, 4) is 39.1 Å². The molecule has 0 N–H and O–H groups in total. The summed E-state index contributed by atoms with van der Waals surface area (Å²) in [6, 6.07) is 80.4. The highest BCUT2D eigenvalue weighted by atomic mass is 15.1. The minimum Gasteiger partial charge on any atom is -0.311 e. The molecule has 266 valence electrons. The van der Waals surface area contributed by atoms with E-state index in [2.05, 4.69) is 228 Å². The van der Waals surface area contributed by atoms with Gasteiger partial charge in [-0.25, -0.2) is 0 Å². The fraction of sp³-hybridized carbons (Fsp3) is 0.0182. The summed E-state index contributed by atoms with van der Waals surface area (Å²) in [6.07, 6.45) is 0. The maximum atomic E-state index is 2.51. The minimum atomic E-state index is -0.474. The lowest BCUT2D eigenvalue weighted by Gasteiger charge is -2.39. The fourth-order valence-corrected chi connectivity index (χ4v) is 10.0. The quantitative estimate of drug-likeness (QED) is 0.172. The molecule has 1 spiro atoms. The van der Waals surface area contributed by atoms with Gasteiger partial charge in [-0.1, -0.05) is 164 Å². The van der Waals surface area contributed by atoms with E-state index in [9.17, 15) is 0 Å². The van der Waals surface area contributed by atoms with Crippen molar-refractivity contribution in [2.45, 2.75) is 5.41 Å².